The number of ether oxygens (including phenoxy) is 2. The van der Waals surface area contributed by atoms with Gasteiger partial charge in [0.2, 0.25) is 0 Å². The lowest BCUT2D eigenvalue weighted by Crippen LogP contribution is -2.62. The number of hydrogen-bond donors (Lipinski definition) is 2. The minimum atomic E-state index is -0.0867. The highest BCUT2D eigenvalue weighted by molar-refractivity contribution is 5.95. The molecule has 0 unspecified atom stereocenters. The summed E-state index contributed by atoms with van der Waals surface area (Å²) >= 11 is 0. The molecule has 1 saturated heterocycles. The highest BCUT2D eigenvalue weighted by Crippen LogP contribution is 2.31. The van der Waals surface area contributed by atoms with Gasteiger partial charge in [-0.1, -0.05) is 30.3 Å². The van der Waals surface area contributed by atoms with Crippen molar-refractivity contribution in [3.05, 3.63) is 59.7 Å². The van der Waals surface area contributed by atoms with Crippen molar-refractivity contribution < 1.29 is 14.3 Å². The Bertz CT molecular complexity index is 830. The fourth-order valence-electron chi connectivity index (χ4n) is 4.36. The van der Waals surface area contributed by atoms with Crippen molar-refractivity contribution in [2.24, 2.45) is 0 Å². The quantitative estimate of drug-likeness (QED) is 0.764. The maximum absolute atomic E-state index is 12.9. The van der Waals surface area contributed by atoms with Crippen LogP contribution in [0.25, 0.3) is 0 Å². The first kappa shape index (κ1) is 21.2. The molecule has 0 atom stereocenters. The lowest BCUT2D eigenvalue weighted by atomic mass is 9.79. The molecule has 0 bridgehead atoms. The highest BCUT2D eigenvalue weighted by atomic mass is 16.5. The van der Waals surface area contributed by atoms with E-state index in [9.17, 15) is 4.79 Å². The molecule has 3 rings (SSSR count). The Balaban J connectivity index is 1.68. The number of benzene rings is 2. The van der Waals surface area contributed by atoms with E-state index in [2.05, 4.69) is 38.3 Å². The van der Waals surface area contributed by atoms with Crippen LogP contribution in [0.4, 0.5) is 0 Å². The van der Waals surface area contributed by atoms with Gasteiger partial charge in [0.15, 0.2) is 11.5 Å². The lowest BCUT2D eigenvalue weighted by molar-refractivity contribution is 0.0872. The number of rotatable bonds is 6. The third-order valence-corrected chi connectivity index (χ3v) is 5.19. The fourth-order valence-corrected chi connectivity index (χ4v) is 4.36. The van der Waals surface area contributed by atoms with Crippen LogP contribution in [0.2, 0.25) is 0 Å². The van der Waals surface area contributed by atoms with Crippen LogP contribution in [0.5, 0.6) is 11.5 Å². The summed E-state index contributed by atoms with van der Waals surface area (Å²) < 4.78 is 11.4. The Labute approximate surface area is 173 Å². The molecule has 1 fully saturated rings. The number of carbonyl (C=O) groups is 1. The largest absolute Gasteiger partial charge is 0.493 e. The summed E-state index contributed by atoms with van der Waals surface area (Å²) in [5, 5.41) is 6.84. The van der Waals surface area contributed by atoms with Crippen LogP contribution >= 0.6 is 0 Å². The van der Waals surface area contributed by atoms with Crippen LogP contribution in [-0.4, -0.2) is 30.1 Å². The second-order valence-electron chi connectivity index (χ2n) is 9.11. The number of hydrogen-bond acceptors (Lipinski definition) is 4. The third-order valence-electron chi connectivity index (χ3n) is 5.19. The van der Waals surface area contributed by atoms with Gasteiger partial charge in [-0.3, -0.25) is 4.79 Å². The van der Waals surface area contributed by atoms with Crippen LogP contribution in [0.15, 0.2) is 48.5 Å². The molecule has 5 heteroatoms. The molecular weight excluding hydrogens is 364 g/mol. The normalized spacial score (nSPS) is 18.1. The fraction of sp³-hybridized carbons (Fsp3) is 0.458. The van der Waals surface area contributed by atoms with E-state index < -0.39 is 0 Å². The van der Waals surface area contributed by atoms with Gasteiger partial charge in [-0.2, -0.15) is 0 Å². The molecule has 5 nitrogen and oxygen atoms in total. The zero-order valence-electron chi connectivity index (χ0n) is 18.0. The molecule has 1 amide bonds. The predicted octanol–water partition coefficient (Wildman–Crippen LogP) is 4.31. The van der Waals surface area contributed by atoms with E-state index in [0.717, 1.165) is 18.4 Å². The molecule has 2 aromatic rings. The molecule has 156 valence electrons. The summed E-state index contributed by atoms with van der Waals surface area (Å²) in [7, 11) is 1.59. The zero-order chi connectivity index (χ0) is 21.1. The second kappa shape index (κ2) is 8.46. The van der Waals surface area contributed by atoms with E-state index in [1.165, 1.54) is 0 Å². The molecule has 1 aliphatic heterocycles. The Morgan fingerprint density at radius 2 is 1.69 bits per heavy atom. The monoisotopic (exact) mass is 396 g/mol. The average Bonchev–Trinajstić information content (AvgIpc) is 2.64. The Morgan fingerprint density at radius 3 is 2.31 bits per heavy atom. The minimum absolute atomic E-state index is 0.0213. The first-order chi connectivity index (χ1) is 13.7. The SMILES string of the molecule is COc1cc(C(=O)NC2CC(C)(C)NC(C)(C)C2)ccc1OCc1ccccc1. The first-order valence-corrected chi connectivity index (χ1v) is 10.1. The maximum atomic E-state index is 12.9. The molecule has 0 aromatic heterocycles. The number of nitrogens with one attached hydrogen (secondary N) is 2. The van der Waals surface area contributed by atoms with Crippen molar-refractivity contribution in [1.29, 1.82) is 0 Å². The van der Waals surface area contributed by atoms with E-state index in [4.69, 9.17) is 9.47 Å². The summed E-state index contributed by atoms with van der Waals surface area (Å²) in [6, 6.07) is 15.4. The summed E-state index contributed by atoms with van der Waals surface area (Å²) in [4.78, 5) is 12.9. The van der Waals surface area contributed by atoms with Gasteiger partial charge >= 0.3 is 0 Å². The highest BCUT2D eigenvalue weighted by Gasteiger charge is 2.38. The van der Waals surface area contributed by atoms with Crippen molar-refractivity contribution in [3.63, 3.8) is 0 Å². The van der Waals surface area contributed by atoms with Crippen molar-refractivity contribution >= 4 is 5.91 Å². The molecule has 1 aliphatic rings. The van der Waals surface area contributed by atoms with E-state index in [-0.39, 0.29) is 23.0 Å². The molecule has 1 heterocycles. The van der Waals surface area contributed by atoms with Gasteiger partial charge in [-0.25, -0.2) is 0 Å². The molecule has 2 N–H and O–H groups in total. The van der Waals surface area contributed by atoms with Gasteiger partial charge < -0.3 is 20.1 Å². The van der Waals surface area contributed by atoms with Gasteiger partial charge in [0.05, 0.1) is 7.11 Å². The topological polar surface area (TPSA) is 59.6 Å². The molecular formula is C24H32N2O3. The van der Waals surface area contributed by atoms with Crippen molar-refractivity contribution in [2.75, 3.05) is 7.11 Å². The predicted molar refractivity (Wildman–Crippen MR) is 116 cm³/mol. The summed E-state index contributed by atoms with van der Waals surface area (Å²) in [5.41, 5.74) is 1.61. The second-order valence-corrected chi connectivity index (χ2v) is 9.11. The number of methoxy groups -OCH3 is 1. The van der Waals surface area contributed by atoms with Crippen molar-refractivity contribution in [2.45, 2.75) is 64.3 Å². The van der Waals surface area contributed by atoms with E-state index >= 15 is 0 Å². The van der Waals surface area contributed by atoms with Crippen molar-refractivity contribution in [3.8, 4) is 11.5 Å². The van der Waals surface area contributed by atoms with Gasteiger partial charge in [-0.15, -0.1) is 0 Å². The maximum Gasteiger partial charge on any atom is 0.251 e. The molecule has 0 aliphatic carbocycles. The molecule has 29 heavy (non-hydrogen) atoms. The number of carbonyl (C=O) groups excluding carboxylic acids is 1. The molecule has 0 radical (unpaired) electrons. The first-order valence-electron chi connectivity index (χ1n) is 10.1. The van der Waals surface area contributed by atoms with Crippen molar-refractivity contribution in [1.82, 2.24) is 10.6 Å². The average molecular weight is 397 g/mol. The Kier molecular flexibility index (Phi) is 6.18. The van der Waals surface area contributed by atoms with Crippen LogP contribution in [0.1, 0.15) is 56.5 Å². The van der Waals surface area contributed by atoms with Gasteiger partial charge in [-0.05, 0) is 64.3 Å². The smallest absolute Gasteiger partial charge is 0.251 e. The standard InChI is InChI=1S/C24H32N2O3/c1-23(2)14-19(15-24(3,4)26-23)25-22(27)18-11-12-20(21(13-18)28-5)29-16-17-9-7-6-8-10-17/h6-13,19,26H,14-16H2,1-5H3,(H,25,27). The molecule has 2 aromatic carbocycles. The third kappa shape index (κ3) is 5.73. The van der Waals surface area contributed by atoms with Gasteiger partial charge in [0.1, 0.15) is 6.61 Å². The van der Waals surface area contributed by atoms with Gasteiger partial charge in [0, 0.05) is 22.7 Å². The zero-order valence-corrected chi connectivity index (χ0v) is 18.0. The number of piperidine rings is 1. The van der Waals surface area contributed by atoms with Crippen LogP contribution in [0.3, 0.4) is 0 Å². The summed E-state index contributed by atoms with van der Waals surface area (Å²) in [6.07, 6.45) is 1.77. The van der Waals surface area contributed by atoms with Crippen LogP contribution in [-0.2, 0) is 6.61 Å². The summed E-state index contributed by atoms with van der Waals surface area (Å²) in [6.45, 7) is 9.15. The van der Waals surface area contributed by atoms with Crippen LogP contribution < -0.4 is 20.1 Å². The van der Waals surface area contributed by atoms with Crippen LogP contribution in [0, 0.1) is 0 Å². The van der Waals surface area contributed by atoms with E-state index in [1.807, 2.05) is 30.3 Å². The lowest BCUT2D eigenvalue weighted by Gasteiger charge is -2.46. The Morgan fingerprint density at radius 1 is 1.03 bits per heavy atom. The van der Waals surface area contributed by atoms with E-state index in [0.29, 0.717) is 23.7 Å². The summed E-state index contributed by atoms with van der Waals surface area (Å²) in [5.74, 6) is 1.09. The van der Waals surface area contributed by atoms with E-state index in [1.54, 1.807) is 25.3 Å². The molecule has 0 spiro atoms. The van der Waals surface area contributed by atoms with Gasteiger partial charge in [0.25, 0.3) is 5.91 Å². The molecule has 0 saturated carbocycles. The Hall–Kier alpha value is -2.53. The minimum Gasteiger partial charge on any atom is -0.493 e. The number of amides is 1.